The van der Waals surface area contributed by atoms with Gasteiger partial charge >= 0.3 is 0 Å². The Morgan fingerprint density at radius 1 is 1.40 bits per heavy atom. The first-order valence-electron chi connectivity index (χ1n) is 6.31. The summed E-state index contributed by atoms with van der Waals surface area (Å²) in [4.78, 5) is 12.0. The standard InChI is InChI=1S/C13H21N3O3S/c1-4-7-13(3,14)12(17)16-10-6-5-9(2)11(8-10)20(15,18)19/h5-6,8H,4,7,14H2,1-3H3,(H,16,17)(H2,15,18,19). The van der Waals surface area contributed by atoms with E-state index in [1.165, 1.54) is 6.07 Å². The summed E-state index contributed by atoms with van der Waals surface area (Å²) in [6, 6.07) is 4.54. The maximum Gasteiger partial charge on any atom is 0.244 e. The van der Waals surface area contributed by atoms with Crippen molar-refractivity contribution in [3.05, 3.63) is 23.8 Å². The first-order valence-corrected chi connectivity index (χ1v) is 7.86. The lowest BCUT2D eigenvalue weighted by Crippen LogP contribution is -2.48. The minimum atomic E-state index is -3.82. The summed E-state index contributed by atoms with van der Waals surface area (Å²) in [7, 11) is -3.82. The zero-order valence-corrected chi connectivity index (χ0v) is 12.8. The minimum absolute atomic E-state index is 0.00971. The molecular weight excluding hydrogens is 278 g/mol. The predicted octanol–water partition coefficient (Wildman–Crippen LogP) is 1.10. The highest BCUT2D eigenvalue weighted by Crippen LogP contribution is 2.20. The molecule has 6 nitrogen and oxygen atoms in total. The summed E-state index contributed by atoms with van der Waals surface area (Å²) in [6.07, 6.45) is 1.31. The number of nitrogens with one attached hydrogen (secondary N) is 1. The van der Waals surface area contributed by atoms with Gasteiger partial charge in [0.1, 0.15) is 0 Å². The molecule has 1 atom stereocenters. The Bertz CT molecular complexity index is 609. The van der Waals surface area contributed by atoms with E-state index in [0.717, 1.165) is 6.42 Å². The number of hydrogen-bond acceptors (Lipinski definition) is 4. The van der Waals surface area contributed by atoms with E-state index in [1.54, 1.807) is 26.0 Å². The van der Waals surface area contributed by atoms with Crippen LogP contribution < -0.4 is 16.2 Å². The van der Waals surface area contributed by atoms with Crippen molar-refractivity contribution >= 4 is 21.6 Å². The summed E-state index contributed by atoms with van der Waals surface area (Å²) in [5.74, 6) is -0.358. The van der Waals surface area contributed by atoms with E-state index in [2.05, 4.69) is 5.32 Å². The van der Waals surface area contributed by atoms with Gasteiger partial charge in [-0.3, -0.25) is 4.79 Å². The summed E-state index contributed by atoms with van der Waals surface area (Å²) in [6.45, 7) is 5.21. The Morgan fingerprint density at radius 3 is 2.50 bits per heavy atom. The topological polar surface area (TPSA) is 115 Å². The normalized spacial score (nSPS) is 14.7. The molecule has 1 unspecified atom stereocenters. The maximum absolute atomic E-state index is 12.1. The molecule has 1 amide bonds. The van der Waals surface area contributed by atoms with Crippen LogP contribution in [-0.4, -0.2) is 19.9 Å². The third kappa shape index (κ3) is 4.03. The lowest BCUT2D eigenvalue weighted by atomic mass is 9.96. The van der Waals surface area contributed by atoms with E-state index in [-0.39, 0.29) is 10.8 Å². The highest BCUT2D eigenvalue weighted by atomic mass is 32.2. The highest BCUT2D eigenvalue weighted by Gasteiger charge is 2.27. The molecule has 0 bridgehead atoms. The molecule has 0 saturated heterocycles. The van der Waals surface area contributed by atoms with Gasteiger partial charge in [0.25, 0.3) is 0 Å². The van der Waals surface area contributed by atoms with Crippen molar-refractivity contribution in [3.8, 4) is 0 Å². The van der Waals surface area contributed by atoms with Crippen molar-refractivity contribution < 1.29 is 13.2 Å². The maximum atomic E-state index is 12.1. The van der Waals surface area contributed by atoms with Crippen LogP contribution >= 0.6 is 0 Å². The van der Waals surface area contributed by atoms with Crippen LogP contribution in [0.25, 0.3) is 0 Å². The van der Waals surface area contributed by atoms with Gasteiger partial charge in [-0.1, -0.05) is 19.4 Å². The second kappa shape index (κ2) is 5.90. The minimum Gasteiger partial charge on any atom is -0.324 e. The van der Waals surface area contributed by atoms with Crippen LogP contribution in [0.1, 0.15) is 32.3 Å². The van der Waals surface area contributed by atoms with Crippen molar-refractivity contribution in [1.82, 2.24) is 0 Å². The summed E-state index contributed by atoms with van der Waals surface area (Å²) >= 11 is 0. The Labute approximate surface area is 119 Å². The fraction of sp³-hybridized carbons (Fsp3) is 0.462. The smallest absolute Gasteiger partial charge is 0.244 e. The van der Waals surface area contributed by atoms with Crippen LogP contribution in [-0.2, 0) is 14.8 Å². The van der Waals surface area contributed by atoms with Gasteiger partial charge in [-0.15, -0.1) is 0 Å². The number of benzene rings is 1. The van der Waals surface area contributed by atoms with Crippen molar-refractivity contribution in [3.63, 3.8) is 0 Å². The SMILES string of the molecule is CCCC(C)(N)C(=O)Nc1ccc(C)c(S(N)(=O)=O)c1. The van der Waals surface area contributed by atoms with E-state index < -0.39 is 15.6 Å². The molecule has 0 saturated carbocycles. The number of nitrogens with two attached hydrogens (primary N) is 2. The first-order chi connectivity index (χ1) is 9.08. The molecule has 0 radical (unpaired) electrons. The number of primary sulfonamides is 1. The monoisotopic (exact) mass is 299 g/mol. The molecule has 1 rings (SSSR count). The lowest BCUT2D eigenvalue weighted by molar-refractivity contribution is -0.120. The van der Waals surface area contributed by atoms with Gasteiger partial charge in [0.2, 0.25) is 15.9 Å². The predicted molar refractivity (Wildman–Crippen MR) is 78.7 cm³/mol. The van der Waals surface area contributed by atoms with Crippen LogP contribution in [0.15, 0.2) is 23.1 Å². The lowest BCUT2D eigenvalue weighted by Gasteiger charge is -2.23. The van der Waals surface area contributed by atoms with Crippen LogP contribution in [0.3, 0.4) is 0 Å². The van der Waals surface area contributed by atoms with Crippen LogP contribution in [0, 0.1) is 6.92 Å². The number of anilines is 1. The number of aryl methyl sites for hydroxylation is 1. The number of hydrogen-bond donors (Lipinski definition) is 3. The number of carbonyl (C=O) groups excluding carboxylic acids is 1. The van der Waals surface area contributed by atoms with Gasteiger partial charge in [0.05, 0.1) is 10.4 Å². The van der Waals surface area contributed by atoms with Gasteiger partial charge < -0.3 is 11.1 Å². The molecule has 1 aromatic rings. The van der Waals surface area contributed by atoms with Crippen LogP contribution in [0.4, 0.5) is 5.69 Å². The third-order valence-corrected chi connectivity index (χ3v) is 4.09. The van der Waals surface area contributed by atoms with E-state index in [1.807, 2.05) is 6.92 Å². The zero-order chi connectivity index (χ0) is 15.6. The zero-order valence-electron chi connectivity index (χ0n) is 11.9. The Balaban J connectivity index is 3.04. The fourth-order valence-corrected chi connectivity index (χ4v) is 2.70. The molecule has 112 valence electrons. The molecule has 7 heteroatoms. The molecule has 0 fully saturated rings. The molecule has 0 heterocycles. The molecule has 5 N–H and O–H groups in total. The van der Waals surface area contributed by atoms with E-state index in [0.29, 0.717) is 17.7 Å². The van der Waals surface area contributed by atoms with E-state index >= 15 is 0 Å². The Hall–Kier alpha value is -1.44. The molecule has 0 aromatic heterocycles. The second-order valence-electron chi connectivity index (χ2n) is 5.15. The fourth-order valence-electron chi connectivity index (χ4n) is 1.89. The quantitative estimate of drug-likeness (QED) is 0.755. The second-order valence-corrected chi connectivity index (χ2v) is 6.68. The number of amides is 1. The van der Waals surface area contributed by atoms with Crippen LogP contribution in [0.2, 0.25) is 0 Å². The van der Waals surface area contributed by atoms with Gasteiger partial charge in [0, 0.05) is 5.69 Å². The summed E-state index contributed by atoms with van der Waals surface area (Å²) < 4.78 is 22.9. The Kier molecular flexibility index (Phi) is 4.90. The number of rotatable bonds is 5. The molecule has 0 aliphatic heterocycles. The summed E-state index contributed by atoms with van der Waals surface area (Å²) in [5.41, 5.74) is 5.80. The van der Waals surface area contributed by atoms with Crippen molar-refractivity contribution in [2.45, 2.75) is 44.0 Å². The first kappa shape index (κ1) is 16.6. The molecular formula is C13H21N3O3S. The Morgan fingerprint density at radius 2 is 2.00 bits per heavy atom. The van der Waals surface area contributed by atoms with Crippen molar-refractivity contribution in [2.75, 3.05) is 5.32 Å². The average Bonchev–Trinajstić information content (AvgIpc) is 2.30. The van der Waals surface area contributed by atoms with E-state index in [9.17, 15) is 13.2 Å². The number of sulfonamides is 1. The largest absolute Gasteiger partial charge is 0.324 e. The van der Waals surface area contributed by atoms with Crippen molar-refractivity contribution in [2.24, 2.45) is 10.9 Å². The van der Waals surface area contributed by atoms with Crippen molar-refractivity contribution in [1.29, 1.82) is 0 Å². The highest BCUT2D eigenvalue weighted by molar-refractivity contribution is 7.89. The number of carbonyl (C=O) groups is 1. The third-order valence-electron chi connectivity index (χ3n) is 3.04. The molecule has 20 heavy (non-hydrogen) atoms. The van der Waals surface area contributed by atoms with Crippen LogP contribution in [0.5, 0.6) is 0 Å². The molecule has 0 spiro atoms. The van der Waals surface area contributed by atoms with Gasteiger partial charge in [0.15, 0.2) is 0 Å². The molecule has 1 aromatic carbocycles. The van der Waals surface area contributed by atoms with E-state index in [4.69, 9.17) is 10.9 Å². The average molecular weight is 299 g/mol. The summed E-state index contributed by atoms with van der Waals surface area (Å²) in [5, 5.41) is 7.75. The molecule has 0 aliphatic rings. The van der Waals surface area contributed by atoms with Gasteiger partial charge in [-0.2, -0.15) is 0 Å². The molecule has 0 aliphatic carbocycles. The van der Waals surface area contributed by atoms with Gasteiger partial charge in [-0.05, 0) is 38.0 Å². The van der Waals surface area contributed by atoms with Gasteiger partial charge in [-0.25, -0.2) is 13.6 Å².